The molecule has 152 valence electrons. The molecule has 1 aliphatic heterocycles. The number of sulfonamides is 1. The number of carbonyl (C=O) groups excluding carboxylic acids is 1. The smallest absolute Gasteiger partial charge is 0.248 e. The SMILES string of the molecule is Cc1noc(C)c1S(=O)(=O)N1CCCN(C(=O)C2CCCCC2(C)N)CC1. The maximum Gasteiger partial charge on any atom is 0.248 e. The molecule has 0 aromatic carbocycles. The Labute approximate surface area is 161 Å². The highest BCUT2D eigenvalue weighted by Gasteiger charge is 2.41. The van der Waals surface area contributed by atoms with Gasteiger partial charge in [-0.05, 0) is 40.0 Å². The normalized spacial score (nSPS) is 28.1. The van der Waals surface area contributed by atoms with Crippen LogP contribution in [-0.4, -0.2) is 60.4 Å². The van der Waals surface area contributed by atoms with E-state index in [0.29, 0.717) is 37.5 Å². The predicted octanol–water partition coefficient (Wildman–Crippen LogP) is 1.42. The van der Waals surface area contributed by atoms with Gasteiger partial charge in [-0.2, -0.15) is 4.31 Å². The molecule has 0 bridgehead atoms. The quantitative estimate of drug-likeness (QED) is 0.825. The third-order valence-corrected chi connectivity index (χ3v) is 8.03. The van der Waals surface area contributed by atoms with Crippen LogP contribution in [0.5, 0.6) is 0 Å². The van der Waals surface area contributed by atoms with Crippen molar-refractivity contribution in [2.75, 3.05) is 26.2 Å². The number of nitrogens with zero attached hydrogens (tertiary/aromatic N) is 3. The number of carbonyl (C=O) groups is 1. The lowest BCUT2D eigenvalue weighted by molar-refractivity contribution is -0.138. The zero-order valence-electron chi connectivity index (χ0n) is 16.4. The minimum Gasteiger partial charge on any atom is -0.360 e. The van der Waals surface area contributed by atoms with Crippen LogP contribution in [0, 0.1) is 19.8 Å². The van der Waals surface area contributed by atoms with E-state index in [1.54, 1.807) is 18.7 Å². The largest absolute Gasteiger partial charge is 0.360 e. The lowest BCUT2D eigenvalue weighted by atomic mass is 9.74. The molecule has 2 unspecified atom stereocenters. The molecule has 1 saturated heterocycles. The van der Waals surface area contributed by atoms with Crippen molar-refractivity contribution in [2.45, 2.75) is 63.3 Å². The molecule has 2 aliphatic rings. The molecular weight excluding hydrogens is 368 g/mol. The van der Waals surface area contributed by atoms with Crippen molar-refractivity contribution in [1.82, 2.24) is 14.4 Å². The summed E-state index contributed by atoms with van der Waals surface area (Å²) < 4.78 is 32.5. The number of amides is 1. The first kappa shape index (κ1) is 20.3. The van der Waals surface area contributed by atoms with Crippen LogP contribution in [0.25, 0.3) is 0 Å². The third kappa shape index (κ3) is 3.90. The molecule has 1 aromatic heterocycles. The average Bonchev–Trinajstić information content (AvgIpc) is 2.81. The van der Waals surface area contributed by atoms with Crippen molar-refractivity contribution >= 4 is 15.9 Å². The van der Waals surface area contributed by atoms with E-state index in [1.807, 2.05) is 6.92 Å². The minimum absolute atomic E-state index is 0.0660. The van der Waals surface area contributed by atoms with Crippen LogP contribution in [0.4, 0.5) is 0 Å². The first-order chi connectivity index (χ1) is 12.6. The van der Waals surface area contributed by atoms with Gasteiger partial charge in [0.2, 0.25) is 15.9 Å². The van der Waals surface area contributed by atoms with Gasteiger partial charge in [-0.1, -0.05) is 18.0 Å². The second-order valence-corrected chi connectivity index (χ2v) is 9.92. The second kappa shape index (κ2) is 7.52. The van der Waals surface area contributed by atoms with Gasteiger partial charge in [-0.3, -0.25) is 4.79 Å². The fourth-order valence-electron chi connectivity index (χ4n) is 4.31. The predicted molar refractivity (Wildman–Crippen MR) is 100 cm³/mol. The Morgan fingerprint density at radius 1 is 1.19 bits per heavy atom. The van der Waals surface area contributed by atoms with E-state index >= 15 is 0 Å². The zero-order valence-corrected chi connectivity index (χ0v) is 17.2. The Morgan fingerprint density at radius 2 is 1.93 bits per heavy atom. The Morgan fingerprint density at radius 3 is 2.56 bits per heavy atom. The van der Waals surface area contributed by atoms with E-state index in [0.717, 1.165) is 25.7 Å². The molecule has 3 rings (SSSR count). The summed E-state index contributed by atoms with van der Waals surface area (Å²) in [5.74, 6) is 0.180. The van der Waals surface area contributed by atoms with Crippen molar-refractivity contribution in [3.05, 3.63) is 11.5 Å². The molecule has 0 radical (unpaired) electrons. The highest BCUT2D eigenvalue weighted by atomic mass is 32.2. The van der Waals surface area contributed by atoms with E-state index in [2.05, 4.69) is 5.16 Å². The number of aryl methyl sites for hydroxylation is 2. The number of nitrogens with two attached hydrogens (primary N) is 1. The topological polar surface area (TPSA) is 110 Å². The molecule has 2 fully saturated rings. The lowest BCUT2D eigenvalue weighted by Crippen LogP contribution is -2.54. The molecule has 9 heteroatoms. The van der Waals surface area contributed by atoms with Crippen LogP contribution >= 0.6 is 0 Å². The average molecular weight is 399 g/mol. The van der Waals surface area contributed by atoms with Crippen LogP contribution in [0.3, 0.4) is 0 Å². The fourth-order valence-corrected chi connectivity index (χ4v) is 6.07. The molecule has 1 aliphatic carbocycles. The van der Waals surface area contributed by atoms with Gasteiger partial charge >= 0.3 is 0 Å². The Bertz CT molecular complexity index is 783. The van der Waals surface area contributed by atoms with Gasteiger partial charge in [0.25, 0.3) is 0 Å². The summed E-state index contributed by atoms with van der Waals surface area (Å²) in [7, 11) is -3.69. The monoisotopic (exact) mass is 398 g/mol. The van der Waals surface area contributed by atoms with Gasteiger partial charge in [-0.25, -0.2) is 8.42 Å². The highest BCUT2D eigenvalue weighted by molar-refractivity contribution is 7.89. The number of rotatable bonds is 3. The fraction of sp³-hybridized carbons (Fsp3) is 0.778. The van der Waals surface area contributed by atoms with Gasteiger partial charge < -0.3 is 15.2 Å². The van der Waals surface area contributed by atoms with Crippen molar-refractivity contribution in [2.24, 2.45) is 11.7 Å². The van der Waals surface area contributed by atoms with Crippen LogP contribution in [0.1, 0.15) is 50.5 Å². The molecule has 2 atom stereocenters. The molecule has 1 amide bonds. The summed E-state index contributed by atoms with van der Waals surface area (Å²) in [5, 5.41) is 3.76. The Balaban J connectivity index is 1.73. The Hall–Kier alpha value is -1.45. The summed E-state index contributed by atoms with van der Waals surface area (Å²) in [4.78, 5) is 15.0. The van der Waals surface area contributed by atoms with E-state index in [9.17, 15) is 13.2 Å². The molecule has 1 saturated carbocycles. The molecule has 2 heterocycles. The van der Waals surface area contributed by atoms with Gasteiger partial charge in [0.1, 0.15) is 10.6 Å². The zero-order chi connectivity index (χ0) is 19.8. The highest BCUT2D eigenvalue weighted by Crippen LogP contribution is 2.33. The molecule has 0 spiro atoms. The summed E-state index contributed by atoms with van der Waals surface area (Å²) in [6.07, 6.45) is 4.33. The molecule has 2 N–H and O–H groups in total. The standard InChI is InChI=1S/C18H30N4O4S/c1-13-16(14(2)26-20-13)27(24,25)22-10-6-9-21(11-12-22)17(23)15-7-4-5-8-18(15,3)19/h15H,4-12,19H2,1-3H3. The summed E-state index contributed by atoms with van der Waals surface area (Å²) in [6, 6.07) is 0. The lowest BCUT2D eigenvalue weighted by Gasteiger charge is -2.39. The van der Waals surface area contributed by atoms with Crippen LogP contribution in [-0.2, 0) is 14.8 Å². The van der Waals surface area contributed by atoms with Crippen LogP contribution < -0.4 is 5.73 Å². The molecule has 27 heavy (non-hydrogen) atoms. The van der Waals surface area contributed by atoms with Crippen molar-refractivity contribution in [1.29, 1.82) is 0 Å². The number of hydrogen-bond donors (Lipinski definition) is 1. The third-order valence-electron chi connectivity index (χ3n) is 5.88. The van der Waals surface area contributed by atoms with Gasteiger partial charge in [-0.15, -0.1) is 0 Å². The van der Waals surface area contributed by atoms with E-state index in [-0.39, 0.29) is 23.3 Å². The first-order valence-corrected chi connectivity index (χ1v) is 11.1. The van der Waals surface area contributed by atoms with Crippen molar-refractivity contribution in [3.63, 3.8) is 0 Å². The summed E-state index contributed by atoms with van der Waals surface area (Å²) >= 11 is 0. The van der Waals surface area contributed by atoms with Crippen molar-refractivity contribution in [3.8, 4) is 0 Å². The van der Waals surface area contributed by atoms with Crippen LogP contribution in [0.2, 0.25) is 0 Å². The summed E-state index contributed by atoms with van der Waals surface area (Å²) in [5.41, 5.74) is 6.28. The second-order valence-electron chi connectivity index (χ2n) is 8.04. The minimum atomic E-state index is -3.69. The van der Waals surface area contributed by atoms with Crippen molar-refractivity contribution < 1.29 is 17.7 Å². The molecular formula is C18H30N4O4S. The van der Waals surface area contributed by atoms with Gasteiger partial charge in [0.05, 0.1) is 5.92 Å². The number of aromatic nitrogens is 1. The van der Waals surface area contributed by atoms with Gasteiger partial charge in [0, 0.05) is 31.7 Å². The van der Waals surface area contributed by atoms with E-state index in [1.165, 1.54) is 4.31 Å². The van der Waals surface area contributed by atoms with Crippen LogP contribution in [0.15, 0.2) is 9.42 Å². The maximum absolute atomic E-state index is 13.1. The van der Waals surface area contributed by atoms with Gasteiger partial charge in [0.15, 0.2) is 5.76 Å². The molecule has 8 nitrogen and oxygen atoms in total. The first-order valence-electron chi connectivity index (χ1n) is 9.65. The number of hydrogen-bond acceptors (Lipinski definition) is 6. The maximum atomic E-state index is 13.1. The van der Waals surface area contributed by atoms with E-state index in [4.69, 9.17) is 10.3 Å². The summed E-state index contributed by atoms with van der Waals surface area (Å²) in [6.45, 7) is 6.77. The van der Waals surface area contributed by atoms with E-state index < -0.39 is 15.6 Å². The Kier molecular flexibility index (Phi) is 5.65. The molecule has 1 aromatic rings.